The fourth-order valence-corrected chi connectivity index (χ4v) is 3.09. The summed E-state index contributed by atoms with van der Waals surface area (Å²) >= 11 is 6.03. The second-order valence-electron chi connectivity index (χ2n) is 6.17. The number of terminal acetylenes is 1. The van der Waals surface area contributed by atoms with Crippen LogP contribution in [0.3, 0.4) is 0 Å². The lowest BCUT2D eigenvalue weighted by molar-refractivity contribution is -0.137. The Morgan fingerprint density at radius 1 is 1.26 bits per heavy atom. The number of carbonyl (C=O) groups is 1. The molecule has 3 rings (SSSR count). The number of hydrogen-bond donors (Lipinski definition) is 2. The van der Waals surface area contributed by atoms with E-state index in [4.69, 9.17) is 16.9 Å². The molecule has 2 N–H and O–H groups in total. The molecular formula is C21H14ClF4N3O2. The number of aliphatic hydroxyl groups excluding tert-OH is 1. The quantitative estimate of drug-likeness (QED) is 0.450. The fraction of sp³-hybridized carbons (Fsp3) is 0.143. The van der Waals surface area contributed by atoms with Gasteiger partial charge in [-0.3, -0.25) is 4.79 Å². The second kappa shape index (κ2) is 9.52. The van der Waals surface area contributed by atoms with E-state index in [9.17, 15) is 27.5 Å². The van der Waals surface area contributed by atoms with E-state index in [1.807, 2.05) is 0 Å². The Hall–Kier alpha value is -3.53. The van der Waals surface area contributed by atoms with Crippen molar-refractivity contribution in [1.29, 1.82) is 5.26 Å². The van der Waals surface area contributed by atoms with Gasteiger partial charge in [-0.2, -0.15) is 18.4 Å². The van der Waals surface area contributed by atoms with Gasteiger partial charge in [0.05, 0.1) is 28.8 Å². The molecule has 1 aromatic heterocycles. The number of fused-ring (bicyclic) bond motifs is 1. The van der Waals surface area contributed by atoms with Crippen LogP contribution in [-0.2, 0) is 17.5 Å². The molecule has 1 amide bonds. The number of aromatic nitrogens is 1. The molecule has 5 nitrogen and oxygen atoms in total. The molecule has 160 valence electrons. The Balaban J connectivity index is 0.00000166. The number of halogens is 5. The van der Waals surface area contributed by atoms with Crippen LogP contribution >= 0.6 is 11.6 Å². The zero-order valence-corrected chi connectivity index (χ0v) is 16.4. The third kappa shape index (κ3) is 5.34. The molecule has 31 heavy (non-hydrogen) atoms. The zero-order valence-electron chi connectivity index (χ0n) is 15.6. The van der Waals surface area contributed by atoms with Crippen LogP contribution in [0.5, 0.6) is 0 Å². The van der Waals surface area contributed by atoms with Crippen molar-refractivity contribution in [2.24, 2.45) is 0 Å². The maximum Gasteiger partial charge on any atom is 0.417 e. The number of aliphatic hydroxyl groups is 1. The van der Waals surface area contributed by atoms with Gasteiger partial charge in [-0.25, -0.2) is 4.39 Å². The van der Waals surface area contributed by atoms with E-state index in [2.05, 4.69) is 18.2 Å². The first kappa shape index (κ1) is 23.7. The molecule has 10 heteroatoms. The van der Waals surface area contributed by atoms with E-state index in [1.165, 1.54) is 35.0 Å². The highest BCUT2D eigenvalue weighted by Gasteiger charge is 2.34. The molecule has 0 aliphatic rings. The third-order valence-electron chi connectivity index (χ3n) is 4.18. The van der Waals surface area contributed by atoms with Crippen LogP contribution in [0.1, 0.15) is 11.1 Å². The van der Waals surface area contributed by atoms with Gasteiger partial charge in [-0.1, -0.05) is 11.6 Å². The topological polar surface area (TPSA) is 78.1 Å². The lowest BCUT2D eigenvalue weighted by Gasteiger charge is -2.15. The van der Waals surface area contributed by atoms with Crippen molar-refractivity contribution in [2.45, 2.75) is 18.8 Å². The van der Waals surface area contributed by atoms with E-state index in [-0.39, 0.29) is 17.3 Å². The van der Waals surface area contributed by atoms with Gasteiger partial charge in [0, 0.05) is 22.8 Å². The summed E-state index contributed by atoms with van der Waals surface area (Å²) in [6, 6.07) is 7.94. The molecule has 0 aliphatic heterocycles. The molecule has 3 aromatic rings. The molecule has 2 aromatic carbocycles. The average molecular weight is 452 g/mol. The highest BCUT2D eigenvalue weighted by molar-refractivity contribution is 6.35. The van der Waals surface area contributed by atoms with Gasteiger partial charge in [0.15, 0.2) is 6.10 Å². The standard InChI is InChI=1S/C19H12ClF4N3O2.C2H2/c20-15-8-27(16-4-2-11(21)5-13(15)16)9-17(28)18(29)26-12-3-1-10(7-25)14(6-12)19(22,23)24;1-2/h1-6,8,17,28H,9H2,(H,26,29);1-2H/t17-;/m0./s1. The smallest absolute Gasteiger partial charge is 0.381 e. The van der Waals surface area contributed by atoms with Crippen LogP contribution in [-0.4, -0.2) is 21.7 Å². The summed E-state index contributed by atoms with van der Waals surface area (Å²) in [6.07, 6.45) is 3.00. The van der Waals surface area contributed by atoms with Crippen LogP contribution in [0, 0.1) is 30.0 Å². The van der Waals surface area contributed by atoms with Gasteiger partial charge < -0.3 is 15.0 Å². The Bertz CT molecular complexity index is 1180. The van der Waals surface area contributed by atoms with Crippen molar-refractivity contribution in [3.8, 4) is 18.9 Å². The summed E-state index contributed by atoms with van der Waals surface area (Å²) in [5.74, 6) is -1.46. The SMILES string of the molecule is C#C.N#Cc1ccc(NC(=O)[C@@H](O)Cn2cc(Cl)c3cc(F)ccc32)cc1C(F)(F)F. The number of hydrogen-bond acceptors (Lipinski definition) is 3. The van der Waals surface area contributed by atoms with Crippen molar-refractivity contribution >= 4 is 34.1 Å². The summed E-state index contributed by atoms with van der Waals surface area (Å²) in [4.78, 5) is 12.2. The minimum absolute atomic E-state index is 0.217. The minimum atomic E-state index is -4.78. The summed E-state index contributed by atoms with van der Waals surface area (Å²) in [6.45, 7) is -0.261. The first-order chi connectivity index (χ1) is 14.6. The molecule has 0 bridgehead atoms. The van der Waals surface area contributed by atoms with Crippen LogP contribution < -0.4 is 5.32 Å². The van der Waals surface area contributed by atoms with Crippen molar-refractivity contribution in [3.63, 3.8) is 0 Å². The van der Waals surface area contributed by atoms with Gasteiger partial charge in [0.2, 0.25) is 0 Å². The first-order valence-electron chi connectivity index (χ1n) is 8.47. The number of nitriles is 1. The number of nitrogens with zero attached hydrogens (tertiary/aromatic N) is 2. The normalized spacial score (nSPS) is 11.8. The van der Waals surface area contributed by atoms with Gasteiger partial charge in [0.25, 0.3) is 5.91 Å². The zero-order chi connectivity index (χ0) is 23.3. The summed E-state index contributed by atoms with van der Waals surface area (Å²) < 4.78 is 53.8. The Labute approximate surface area is 179 Å². The predicted octanol–water partition coefficient (Wildman–Crippen LogP) is 4.57. The number of amides is 1. The summed E-state index contributed by atoms with van der Waals surface area (Å²) in [5, 5.41) is 21.8. The van der Waals surface area contributed by atoms with Crippen LogP contribution in [0.2, 0.25) is 5.02 Å². The van der Waals surface area contributed by atoms with Gasteiger partial charge in [-0.05, 0) is 36.4 Å². The average Bonchev–Trinajstić information content (AvgIpc) is 3.03. The molecule has 0 saturated heterocycles. The van der Waals surface area contributed by atoms with E-state index in [0.717, 1.165) is 12.1 Å². The largest absolute Gasteiger partial charge is 0.417 e. The predicted molar refractivity (Wildman–Crippen MR) is 108 cm³/mol. The van der Waals surface area contributed by atoms with E-state index < -0.39 is 35.1 Å². The number of nitrogens with one attached hydrogen (secondary N) is 1. The Morgan fingerprint density at radius 3 is 2.55 bits per heavy atom. The molecule has 0 spiro atoms. The fourth-order valence-electron chi connectivity index (χ4n) is 2.83. The van der Waals surface area contributed by atoms with E-state index in [1.54, 1.807) is 0 Å². The molecule has 0 aliphatic carbocycles. The maximum absolute atomic E-state index is 13.3. The highest BCUT2D eigenvalue weighted by atomic mass is 35.5. The Morgan fingerprint density at radius 2 is 1.94 bits per heavy atom. The second-order valence-corrected chi connectivity index (χ2v) is 6.57. The number of anilines is 1. The van der Waals surface area contributed by atoms with Crippen LogP contribution in [0.4, 0.5) is 23.2 Å². The molecule has 0 saturated carbocycles. The molecule has 0 fully saturated rings. The van der Waals surface area contributed by atoms with Crippen molar-refractivity contribution in [1.82, 2.24) is 4.57 Å². The van der Waals surface area contributed by atoms with Gasteiger partial charge in [0.1, 0.15) is 5.82 Å². The van der Waals surface area contributed by atoms with Gasteiger partial charge >= 0.3 is 6.18 Å². The first-order valence-corrected chi connectivity index (χ1v) is 8.85. The monoisotopic (exact) mass is 451 g/mol. The highest BCUT2D eigenvalue weighted by Crippen LogP contribution is 2.33. The third-order valence-corrected chi connectivity index (χ3v) is 4.48. The van der Waals surface area contributed by atoms with Crippen molar-refractivity contribution < 1.29 is 27.5 Å². The van der Waals surface area contributed by atoms with Gasteiger partial charge in [-0.15, -0.1) is 12.8 Å². The minimum Gasteiger partial charge on any atom is -0.381 e. The number of alkyl halides is 3. The lowest BCUT2D eigenvalue weighted by atomic mass is 10.1. The van der Waals surface area contributed by atoms with E-state index in [0.29, 0.717) is 17.0 Å². The molecular weight excluding hydrogens is 438 g/mol. The van der Waals surface area contributed by atoms with Crippen molar-refractivity contribution in [2.75, 3.05) is 5.32 Å². The molecule has 0 radical (unpaired) electrons. The maximum atomic E-state index is 13.3. The molecule has 0 unspecified atom stereocenters. The Kier molecular flexibility index (Phi) is 7.29. The van der Waals surface area contributed by atoms with Crippen LogP contribution in [0.25, 0.3) is 10.9 Å². The summed E-state index contributed by atoms with van der Waals surface area (Å²) in [7, 11) is 0. The number of benzene rings is 2. The summed E-state index contributed by atoms with van der Waals surface area (Å²) in [5.41, 5.74) is -1.53. The molecule has 1 heterocycles. The molecule has 1 atom stereocenters. The number of carbonyl (C=O) groups excluding carboxylic acids is 1. The van der Waals surface area contributed by atoms with E-state index >= 15 is 0 Å². The number of rotatable bonds is 4. The van der Waals surface area contributed by atoms with Crippen LogP contribution in [0.15, 0.2) is 42.6 Å². The van der Waals surface area contributed by atoms with Crippen molar-refractivity contribution in [3.05, 3.63) is 64.6 Å². The lowest BCUT2D eigenvalue weighted by Crippen LogP contribution is -2.31.